The number of thioether (sulfide) groups is 2. The zero-order valence-corrected chi connectivity index (χ0v) is 24.0. The Kier molecular flexibility index (Phi) is 7.14. The molecule has 3 N–H and O–H groups in total. The standard InChI is InChI=1S/C30H30N6O2S2/c1-19-23(32-28(39-2)33-24(19)35-29(13-14-29)20-9-5-3-6-10-20)18-40-27-31-17-22(26(37)38)25(34-27)36-30(15-16-30)21-11-7-4-8-12-21/h3-12,17H,13-16,18H2,1-2H3,(H,37,38)(H,31,34,36)(H,32,33,35). The largest absolute Gasteiger partial charge is 0.477 e. The number of benzene rings is 2. The van der Waals surface area contributed by atoms with Crippen molar-refractivity contribution in [2.75, 3.05) is 16.9 Å². The van der Waals surface area contributed by atoms with Crippen molar-refractivity contribution in [2.24, 2.45) is 0 Å². The van der Waals surface area contributed by atoms with Gasteiger partial charge in [0.1, 0.15) is 17.2 Å². The highest BCUT2D eigenvalue weighted by Crippen LogP contribution is 2.49. The van der Waals surface area contributed by atoms with Crippen molar-refractivity contribution in [1.82, 2.24) is 19.9 Å². The molecule has 0 aliphatic heterocycles. The van der Waals surface area contributed by atoms with E-state index >= 15 is 0 Å². The Balaban J connectivity index is 1.24. The van der Waals surface area contributed by atoms with Gasteiger partial charge in [-0.25, -0.2) is 24.7 Å². The van der Waals surface area contributed by atoms with Gasteiger partial charge in [-0.1, -0.05) is 84.2 Å². The Bertz CT molecular complexity index is 1540. The van der Waals surface area contributed by atoms with Gasteiger partial charge >= 0.3 is 5.97 Å². The van der Waals surface area contributed by atoms with E-state index in [2.05, 4.69) is 57.0 Å². The SMILES string of the molecule is CSc1nc(CSc2ncc(C(=O)O)c(NC3(c4ccccc4)CC3)n2)c(C)c(NC2(c3ccccc3)CC2)n1. The molecule has 2 aromatic carbocycles. The van der Waals surface area contributed by atoms with Crippen molar-refractivity contribution in [1.29, 1.82) is 0 Å². The molecule has 2 aliphatic carbocycles. The summed E-state index contributed by atoms with van der Waals surface area (Å²) < 4.78 is 0. The van der Waals surface area contributed by atoms with E-state index < -0.39 is 5.97 Å². The smallest absolute Gasteiger partial charge is 0.341 e. The topological polar surface area (TPSA) is 113 Å². The highest BCUT2D eigenvalue weighted by atomic mass is 32.2. The van der Waals surface area contributed by atoms with Crippen LogP contribution in [0.25, 0.3) is 0 Å². The lowest BCUT2D eigenvalue weighted by atomic mass is 10.0. The highest BCUT2D eigenvalue weighted by molar-refractivity contribution is 7.98. The first-order valence-corrected chi connectivity index (χ1v) is 15.4. The van der Waals surface area contributed by atoms with Gasteiger partial charge in [0.15, 0.2) is 10.3 Å². The van der Waals surface area contributed by atoms with E-state index in [9.17, 15) is 9.90 Å². The van der Waals surface area contributed by atoms with E-state index in [1.54, 1.807) is 0 Å². The van der Waals surface area contributed by atoms with E-state index in [0.29, 0.717) is 21.9 Å². The molecular formula is C30H30N6O2S2. The van der Waals surface area contributed by atoms with Crippen LogP contribution in [0.15, 0.2) is 77.2 Å². The molecule has 0 saturated heterocycles. The molecule has 2 aromatic heterocycles. The number of carboxylic acids is 1. The second kappa shape index (κ2) is 10.7. The molecule has 2 aliphatic rings. The molecule has 0 spiro atoms. The first-order valence-electron chi connectivity index (χ1n) is 13.2. The number of hydrogen-bond donors (Lipinski definition) is 3. The summed E-state index contributed by atoms with van der Waals surface area (Å²) in [6.45, 7) is 2.04. The molecular weight excluding hydrogens is 541 g/mol. The van der Waals surface area contributed by atoms with Crippen LogP contribution in [0.3, 0.4) is 0 Å². The summed E-state index contributed by atoms with van der Waals surface area (Å²) in [4.78, 5) is 30.6. The zero-order valence-electron chi connectivity index (χ0n) is 22.3. The van der Waals surface area contributed by atoms with E-state index in [4.69, 9.17) is 9.97 Å². The number of carbonyl (C=O) groups is 1. The maximum absolute atomic E-state index is 12.0. The molecule has 0 bridgehead atoms. The van der Waals surface area contributed by atoms with Crippen molar-refractivity contribution >= 4 is 41.1 Å². The second-order valence-corrected chi connectivity index (χ2v) is 12.0. The normalized spacial score (nSPS) is 16.2. The van der Waals surface area contributed by atoms with E-state index in [1.807, 2.05) is 37.4 Å². The average Bonchev–Trinajstić information content (AvgIpc) is 3.92. The lowest BCUT2D eigenvalue weighted by molar-refractivity contribution is 0.0696. The van der Waals surface area contributed by atoms with Crippen molar-refractivity contribution in [2.45, 2.75) is 59.8 Å². The predicted octanol–water partition coefficient (Wildman–Crippen LogP) is 6.49. The Hall–Kier alpha value is -3.63. The lowest BCUT2D eigenvalue weighted by Crippen LogP contribution is -2.22. The van der Waals surface area contributed by atoms with Gasteiger partial charge in [-0.15, -0.1) is 0 Å². The van der Waals surface area contributed by atoms with Crippen LogP contribution in [0.5, 0.6) is 0 Å². The average molecular weight is 571 g/mol. The minimum atomic E-state index is -1.05. The summed E-state index contributed by atoms with van der Waals surface area (Å²) in [5, 5.41) is 18.2. The van der Waals surface area contributed by atoms with Gasteiger partial charge in [0.25, 0.3) is 0 Å². The zero-order chi connectivity index (χ0) is 27.7. The van der Waals surface area contributed by atoms with Gasteiger partial charge in [0, 0.05) is 17.5 Å². The number of anilines is 2. The van der Waals surface area contributed by atoms with Gasteiger partial charge in [-0.2, -0.15) is 0 Å². The van der Waals surface area contributed by atoms with Gasteiger partial charge in [-0.05, 0) is 50.0 Å². The number of rotatable bonds is 11. The summed E-state index contributed by atoms with van der Waals surface area (Å²) in [6, 6.07) is 20.6. The van der Waals surface area contributed by atoms with Crippen LogP contribution in [0.2, 0.25) is 0 Å². The molecule has 0 radical (unpaired) electrons. The molecule has 2 fully saturated rings. The fourth-order valence-corrected chi connectivity index (χ4v) is 6.12. The second-order valence-electron chi connectivity index (χ2n) is 10.3. The Morgan fingerprint density at radius 3 is 1.93 bits per heavy atom. The van der Waals surface area contributed by atoms with Crippen molar-refractivity contribution in [3.05, 3.63) is 94.8 Å². The maximum atomic E-state index is 12.0. The number of aromatic carboxylic acids is 1. The summed E-state index contributed by atoms with van der Waals surface area (Å²) in [7, 11) is 0. The minimum absolute atomic E-state index is 0.0663. The third-order valence-electron chi connectivity index (χ3n) is 7.61. The molecule has 2 heterocycles. The summed E-state index contributed by atoms with van der Waals surface area (Å²) in [5.41, 5.74) is 3.98. The quantitative estimate of drug-likeness (QED) is 0.137. The van der Waals surface area contributed by atoms with E-state index in [0.717, 1.165) is 48.3 Å². The first kappa shape index (κ1) is 26.6. The third-order valence-corrected chi connectivity index (χ3v) is 9.03. The summed E-state index contributed by atoms with van der Waals surface area (Å²) in [5.74, 6) is 0.669. The van der Waals surface area contributed by atoms with Gasteiger partial charge < -0.3 is 15.7 Å². The fraction of sp³-hybridized carbons (Fsp3) is 0.300. The number of aromatic nitrogens is 4. The van der Waals surface area contributed by atoms with Gasteiger partial charge in [0.2, 0.25) is 0 Å². The monoisotopic (exact) mass is 570 g/mol. The molecule has 0 atom stereocenters. The first-order chi connectivity index (χ1) is 19.4. The number of nitrogens with one attached hydrogen (secondary N) is 2. The van der Waals surface area contributed by atoms with Crippen LogP contribution in [0.1, 0.15) is 58.4 Å². The van der Waals surface area contributed by atoms with Crippen molar-refractivity contribution in [3.63, 3.8) is 0 Å². The Morgan fingerprint density at radius 1 is 0.850 bits per heavy atom. The highest BCUT2D eigenvalue weighted by Gasteiger charge is 2.46. The van der Waals surface area contributed by atoms with Crippen LogP contribution in [-0.4, -0.2) is 37.3 Å². The maximum Gasteiger partial charge on any atom is 0.341 e. The molecule has 0 unspecified atom stereocenters. The molecule has 204 valence electrons. The Morgan fingerprint density at radius 2 is 1.40 bits per heavy atom. The Labute approximate surface area is 241 Å². The van der Waals surface area contributed by atoms with Crippen LogP contribution < -0.4 is 10.6 Å². The number of carboxylic acid groups (broad SMARTS) is 1. The molecule has 4 aromatic rings. The molecule has 2 saturated carbocycles. The number of nitrogens with zero attached hydrogens (tertiary/aromatic N) is 4. The predicted molar refractivity (Wildman–Crippen MR) is 159 cm³/mol. The third kappa shape index (κ3) is 5.38. The van der Waals surface area contributed by atoms with Crippen molar-refractivity contribution < 1.29 is 9.90 Å². The lowest BCUT2D eigenvalue weighted by Gasteiger charge is -2.21. The summed E-state index contributed by atoms with van der Waals surface area (Å²) in [6.07, 6.45) is 7.32. The van der Waals surface area contributed by atoms with Crippen LogP contribution in [-0.2, 0) is 16.8 Å². The van der Waals surface area contributed by atoms with Crippen LogP contribution >= 0.6 is 23.5 Å². The van der Waals surface area contributed by atoms with Crippen molar-refractivity contribution in [3.8, 4) is 0 Å². The van der Waals surface area contributed by atoms with Gasteiger partial charge in [-0.3, -0.25) is 0 Å². The molecule has 40 heavy (non-hydrogen) atoms. The molecule has 0 amide bonds. The van der Waals surface area contributed by atoms with Crippen LogP contribution in [0, 0.1) is 6.92 Å². The van der Waals surface area contributed by atoms with Gasteiger partial charge in [0.05, 0.1) is 16.8 Å². The fourth-order valence-electron chi connectivity index (χ4n) is 4.90. The van der Waals surface area contributed by atoms with E-state index in [-0.39, 0.29) is 16.6 Å². The molecule has 10 heteroatoms. The minimum Gasteiger partial charge on any atom is -0.477 e. The molecule has 6 rings (SSSR count). The van der Waals surface area contributed by atoms with Crippen LogP contribution in [0.4, 0.5) is 11.6 Å². The van der Waals surface area contributed by atoms with E-state index in [1.165, 1.54) is 35.3 Å². The number of hydrogen-bond acceptors (Lipinski definition) is 9. The molecule has 8 nitrogen and oxygen atoms in total. The summed E-state index contributed by atoms with van der Waals surface area (Å²) >= 11 is 2.95.